The second-order valence-corrected chi connectivity index (χ2v) is 7.96. The van der Waals surface area contributed by atoms with Crippen LogP contribution in [0.15, 0.2) is 52.5 Å². The number of hydrogen-bond acceptors (Lipinski definition) is 6. The molecule has 2 aromatic carbocycles. The summed E-state index contributed by atoms with van der Waals surface area (Å²) in [5, 5.41) is 3.86. The first-order chi connectivity index (χ1) is 13.3. The van der Waals surface area contributed by atoms with Crippen molar-refractivity contribution >= 4 is 22.1 Å². The van der Waals surface area contributed by atoms with Crippen molar-refractivity contribution in [3.8, 4) is 11.5 Å². The summed E-state index contributed by atoms with van der Waals surface area (Å²) in [5.74, 6) is 0.239. The molecule has 0 aliphatic heterocycles. The molecule has 0 bridgehead atoms. The van der Waals surface area contributed by atoms with E-state index in [1.807, 2.05) is 6.07 Å². The topological polar surface area (TPSA) is 97.3 Å². The van der Waals surface area contributed by atoms with E-state index < -0.39 is 22.5 Å². The molecule has 28 heavy (non-hydrogen) atoms. The van der Waals surface area contributed by atoms with Crippen LogP contribution in [0.5, 0.6) is 11.5 Å². The van der Waals surface area contributed by atoms with Crippen molar-refractivity contribution in [2.75, 3.05) is 27.8 Å². The lowest BCUT2D eigenvalue weighted by molar-refractivity contribution is -0.121. The molecule has 0 unspecified atom stereocenters. The zero-order valence-corrected chi connectivity index (χ0v) is 17.0. The number of sulfonamides is 1. The van der Waals surface area contributed by atoms with E-state index >= 15 is 0 Å². The molecule has 0 spiro atoms. The molecule has 0 saturated heterocycles. The second kappa shape index (κ2) is 9.34. The number of nitrogens with zero attached hydrogens (tertiary/aromatic N) is 2. The Morgan fingerprint density at radius 2 is 1.82 bits per heavy atom. The number of ether oxygens (including phenoxy) is 2. The number of rotatable bonds is 8. The third-order valence-electron chi connectivity index (χ3n) is 3.91. The second-order valence-electron chi connectivity index (χ2n) is 5.95. The summed E-state index contributed by atoms with van der Waals surface area (Å²) in [6.45, 7) is 1.38. The van der Waals surface area contributed by atoms with Crippen LogP contribution < -0.4 is 14.9 Å². The van der Waals surface area contributed by atoms with E-state index in [2.05, 4.69) is 10.5 Å². The van der Waals surface area contributed by atoms with Gasteiger partial charge >= 0.3 is 0 Å². The van der Waals surface area contributed by atoms with Crippen LogP contribution in [0.2, 0.25) is 0 Å². The third-order valence-corrected chi connectivity index (χ3v) is 5.73. The molecule has 1 amide bonds. The molecule has 1 N–H and O–H groups in total. The van der Waals surface area contributed by atoms with E-state index in [1.165, 1.54) is 33.5 Å². The molecule has 0 fully saturated rings. The van der Waals surface area contributed by atoms with Crippen LogP contribution in [-0.2, 0) is 14.8 Å². The molecule has 2 aromatic rings. The summed E-state index contributed by atoms with van der Waals surface area (Å²) < 4.78 is 36.8. The highest BCUT2D eigenvalue weighted by Gasteiger charge is 2.26. The summed E-state index contributed by atoms with van der Waals surface area (Å²) in [6.07, 6.45) is 1.43. The molecular weight excluding hydrogens is 382 g/mol. The minimum absolute atomic E-state index is 0.00261. The Labute approximate surface area is 164 Å². The Hall–Kier alpha value is -2.91. The highest BCUT2D eigenvalue weighted by atomic mass is 32.2. The van der Waals surface area contributed by atoms with Gasteiger partial charge in [-0.3, -0.25) is 4.79 Å². The van der Waals surface area contributed by atoms with E-state index in [0.717, 1.165) is 9.87 Å². The fourth-order valence-electron chi connectivity index (χ4n) is 2.42. The molecule has 0 radical (unpaired) electrons. The Balaban J connectivity index is 2.07. The van der Waals surface area contributed by atoms with Gasteiger partial charge in [-0.2, -0.15) is 9.41 Å². The minimum Gasteiger partial charge on any atom is -0.496 e. The standard InChI is InChI=1S/C19H23N3O5S/c1-14-9-10-17(27-4)18(11-14)28(24,25)22(2)13-19(23)21-20-12-15-7-5-6-8-16(15)26-3/h5-12H,13H2,1-4H3,(H,21,23). The highest BCUT2D eigenvalue weighted by molar-refractivity contribution is 7.89. The van der Waals surface area contributed by atoms with Gasteiger partial charge in [-0.15, -0.1) is 0 Å². The first-order valence-corrected chi connectivity index (χ1v) is 9.79. The number of hydrazone groups is 1. The van der Waals surface area contributed by atoms with E-state index in [4.69, 9.17) is 9.47 Å². The maximum absolute atomic E-state index is 12.8. The number of hydrogen-bond donors (Lipinski definition) is 1. The Morgan fingerprint density at radius 3 is 2.50 bits per heavy atom. The monoisotopic (exact) mass is 405 g/mol. The maximum Gasteiger partial charge on any atom is 0.255 e. The van der Waals surface area contributed by atoms with E-state index in [1.54, 1.807) is 37.3 Å². The Kier molecular flexibility index (Phi) is 7.13. The van der Waals surface area contributed by atoms with Crippen molar-refractivity contribution in [1.29, 1.82) is 0 Å². The van der Waals surface area contributed by atoms with Crippen LogP contribution in [0.4, 0.5) is 0 Å². The fraction of sp³-hybridized carbons (Fsp3) is 0.263. The number of nitrogens with one attached hydrogen (secondary N) is 1. The van der Waals surface area contributed by atoms with Gasteiger partial charge in [0.2, 0.25) is 10.0 Å². The van der Waals surface area contributed by atoms with Gasteiger partial charge in [0.1, 0.15) is 16.4 Å². The molecule has 0 aliphatic rings. The molecular formula is C19H23N3O5S. The number of methoxy groups -OCH3 is 2. The summed E-state index contributed by atoms with van der Waals surface area (Å²) in [6, 6.07) is 12.0. The molecule has 0 aliphatic carbocycles. The number of para-hydroxylation sites is 1. The van der Waals surface area contributed by atoms with Crippen molar-refractivity contribution in [1.82, 2.24) is 9.73 Å². The first kappa shape index (κ1) is 21.4. The van der Waals surface area contributed by atoms with Crippen LogP contribution in [0.25, 0.3) is 0 Å². The number of likely N-dealkylation sites (N-methyl/N-ethyl adjacent to an activating group) is 1. The fourth-order valence-corrected chi connectivity index (χ4v) is 3.79. The first-order valence-electron chi connectivity index (χ1n) is 8.35. The SMILES string of the molecule is COc1ccccc1C=NNC(=O)CN(C)S(=O)(=O)c1cc(C)ccc1OC. The summed E-state index contributed by atoms with van der Waals surface area (Å²) in [7, 11) is 0.333. The third kappa shape index (κ3) is 5.08. The van der Waals surface area contributed by atoms with Crippen LogP contribution in [0.3, 0.4) is 0 Å². The molecule has 0 aromatic heterocycles. The normalized spacial score (nSPS) is 11.6. The van der Waals surface area contributed by atoms with E-state index in [0.29, 0.717) is 11.3 Å². The number of carbonyl (C=O) groups excluding carboxylic acids is 1. The molecule has 0 saturated carbocycles. The molecule has 150 valence electrons. The average Bonchev–Trinajstić information content (AvgIpc) is 2.68. The quantitative estimate of drug-likeness (QED) is 0.533. The van der Waals surface area contributed by atoms with Crippen LogP contribution in [0, 0.1) is 6.92 Å². The number of carbonyl (C=O) groups is 1. The summed E-state index contributed by atoms with van der Waals surface area (Å²) in [5.41, 5.74) is 3.75. The number of aryl methyl sites for hydroxylation is 1. The maximum atomic E-state index is 12.8. The minimum atomic E-state index is -3.91. The van der Waals surface area contributed by atoms with Crippen LogP contribution in [0.1, 0.15) is 11.1 Å². The van der Waals surface area contributed by atoms with E-state index in [-0.39, 0.29) is 10.6 Å². The average molecular weight is 405 g/mol. The van der Waals surface area contributed by atoms with Gasteiger partial charge in [-0.25, -0.2) is 13.8 Å². The molecule has 9 heteroatoms. The highest BCUT2D eigenvalue weighted by Crippen LogP contribution is 2.27. The molecule has 2 rings (SSSR count). The Morgan fingerprint density at radius 1 is 1.14 bits per heavy atom. The zero-order chi connectivity index (χ0) is 20.7. The summed E-state index contributed by atoms with van der Waals surface area (Å²) >= 11 is 0. The summed E-state index contributed by atoms with van der Waals surface area (Å²) in [4.78, 5) is 12.1. The number of benzene rings is 2. The van der Waals surface area contributed by atoms with Gasteiger partial charge in [0.15, 0.2) is 0 Å². The smallest absolute Gasteiger partial charge is 0.255 e. The van der Waals surface area contributed by atoms with Crippen molar-refractivity contribution < 1.29 is 22.7 Å². The van der Waals surface area contributed by atoms with Crippen LogP contribution >= 0.6 is 0 Å². The Bertz CT molecular complexity index is 973. The lowest BCUT2D eigenvalue weighted by Crippen LogP contribution is -2.36. The van der Waals surface area contributed by atoms with Crippen molar-refractivity contribution in [2.24, 2.45) is 5.10 Å². The van der Waals surface area contributed by atoms with Gasteiger partial charge in [0.25, 0.3) is 5.91 Å². The van der Waals surface area contributed by atoms with Crippen molar-refractivity contribution in [3.63, 3.8) is 0 Å². The van der Waals surface area contributed by atoms with Crippen LogP contribution in [-0.4, -0.2) is 52.7 Å². The molecule has 8 nitrogen and oxygen atoms in total. The largest absolute Gasteiger partial charge is 0.496 e. The molecule has 0 atom stereocenters. The van der Waals surface area contributed by atoms with E-state index in [9.17, 15) is 13.2 Å². The zero-order valence-electron chi connectivity index (χ0n) is 16.2. The molecule has 0 heterocycles. The predicted molar refractivity (Wildman–Crippen MR) is 106 cm³/mol. The predicted octanol–water partition coefficient (Wildman–Crippen LogP) is 1.78. The lowest BCUT2D eigenvalue weighted by atomic mass is 10.2. The van der Waals surface area contributed by atoms with Gasteiger partial charge in [-0.05, 0) is 36.8 Å². The van der Waals surface area contributed by atoms with Gasteiger partial charge in [0.05, 0.1) is 27.0 Å². The van der Waals surface area contributed by atoms with Crippen molar-refractivity contribution in [3.05, 3.63) is 53.6 Å². The van der Waals surface area contributed by atoms with Crippen molar-refractivity contribution in [2.45, 2.75) is 11.8 Å². The van der Waals surface area contributed by atoms with Gasteiger partial charge in [-0.1, -0.05) is 18.2 Å². The number of amides is 1. The van der Waals surface area contributed by atoms with Gasteiger partial charge < -0.3 is 9.47 Å². The lowest BCUT2D eigenvalue weighted by Gasteiger charge is -2.18. The van der Waals surface area contributed by atoms with Gasteiger partial charge in [0, 0.05) is 12.6 Å².